The molecule has 0 unspecified atom stereocenters. The van der Waals surface area contributed by atoms with Crippen LogP contribution in [0, 0.1) is 13.8 Å². The lowest BCUT2D eigenvalue weighted by atomic mass is 10.2. The number of carbonyl (C=O) groups excluding carboxylic acids is 2. The van der Waals surface area contributed by atoms with Gasteiger partial charge >= 0.3 is 5.97 Å². The van der Waals surface area contributed by atoms with E-state index in [0.29, 0.717) is 34.0 Å². The molecule has 0 aliphatic carbocycles. The fourth-order valence-corrected chi connectivity index (χ4v) is 4.69. The minimum Gasteiger partial charge on any atom is -0.486 e. The summed E-state index contributed by atoms with van der Waals surface area (Å²) in [5.74, 6) is 0.951. The van der Waals surface area contributed by atoms with Crippen LogP contribution < -0.4 is 10.1 Å². The number of hydrogen-bond acceptors (Lipinski definition) is 8. The van der Waals surface area contributed by atoms with E-state index >= 15 is 0 Å². The molecule has 2 aromatic heterocycles. The fourth-order valence-electron chi connectivity index (χ4n) is 2.94. The standard InChI is InChI=1S/C23H26N4O4S2/c1-5-10-27-18(13-31-17-9-7-8-15(3)11-17)25-26-23(27)32-14-19(28)24-20-12-16(4)21(33-20)22(29)30-6-2/h5,7-9,11-12H,1,6,10,13-14H2,2-4H3,(H,24,28). The molecule has 3 aromatic rings. The summed E-state index contributed by atoms with van der Waals surface area (Å²) in [6, 6.07) is 9.54. The van der Waals surface area contributed by atoms with Crippen molar-refractivity contribution in [2.45, 2.75) is 39.1 Å². The van der Waals surface area contributed by atoms with Gasteiger partial charge in [0.05, 0.1) is 17.4 Å². The summed E-state index contributed by atoms with van der Waals surface area (Å²) in [6.45, 7) is 10.4. The molecule has 1 amide bonds. The summed E-state index contributed by atoms with van der Waals surface area (Å²) in [5.41, 5.74) is 1.88. The molecule has 0 bridgehead atoms. The molecule has 3 rings (SSSR count). The number of carbonyl (C=O) groups is 2. The Bertz CT molecular complexity index is 1140. The van der Waals surface area contributed by atoms with Crippen molar-refractivity contribution in [3.05, 3.63) is 64.8 Å². The number of allylic oxidation sites excluding steroid dienone is 1. The quantitative estimate of drug-likeness (QED) is 0.240. The number of aryl methyl sites for hydroxylation is 2. The zero-order chi connectivity index (χ0) is 23.8. The summed E-state index contributed by atoms with van der Waals surface area (Å²) in [5, 5.41) is 12.5. The minimum absolute atomic E-state index is 0.139. The Kier molecular flexibility index (Phi) is 8.67. The van der Waals surface area contributed by atoms with Gasteiger partial charge in [0.2, 0.25) is 5.91 Å². The molecular weight excluding hydrogens is 460 g/mol. The zero-order valence-corrected chi connectivity index (χ0v) is 20.4. The van der Waals surface area contributed by atoms with Crippen LogP contribution in [0.4, 0.5) is 5.00 Å². The first kappa shape index (κ1) is 24.5. The van der Waals surface area contributed by atoms with Crippen molar-refractivity contribution in [3.8, 4) is 5.75 Å². The molecule has 10 heteroatoms. The summed E-state index contributed by atoms with van der Waals surface area (Å²) in [6.07, 6.45) is 1.75. The van der Waals surface area contributed by atoms with Crippen molar-refractivity contribution in [3.63, 3.8) is 0 Å². The monoisotopic (exact) mass is 486 g/mol. The number of nitrogens with zero attached hydrogens (tertiary/aromatic N) is 3. The first-order valence-electron chi connectivity index (χ1n) is 10.3. The highest BCUT2D eigenvalue weighted by molar-refractivity contribution is 7.99. The minimum atomic E-state index is -0.382. The van der Waals surface area contributed by atoms with Crippen molar-refractivity contribution in [1.82, 2.24) is 14.8 Å². The van der Waals surface area contributed by atoms with E-state index in [1.807, 2.05) is 42.7 Å². The number of esters is 1. The van der Waals surface area contributed by atoms with Crippen LogP contribution >= 0.6 is 23.1 Å². The highest BCUT2D eigenvalue weighted by Crippen LogP contribution is 2.28. The molecule has 1 aromatic carbocycles. The molecular formula is C23H26N4O4S2. The molecule has 174 valence electrons. The predicted octanol–water partition coefficient (Wildman–Crippen LogP) is 4.63. The van der Waals surface area contributed by atoms with Crippen LogP contribution in [0.15, 0.2) is 48.1 Å². The van der Waals surface area contributed by atoms with Gasteiger partial charge in [0, 0.05) is 6.54 Å². The van der Waals surface area contributed by atoms with E-state index < -0.39 is 0 Å². The van der Waals surface area contributed by atoms with Crippen LogP contribution in [0.1, 0.15) is 33.5 Å². The SMILES string of the molecule is C=CCn1c(COc2cccc(C)c2)nnc1SCC(=O)Nc1cc(C)c(C(=O)OCC)s1. The van der Waals surface area contributed by atoms with Crippen molar-refractivity contribution in [1.29, 1.82) is 0 Å². The molecule has 2 heterocycles. The van der Waals surface area contributed by atoms with Gasteiger partial charge in [-0.25, -0.2) is 4.79 Å². The van der Waals surface area contributed by atoms with Crippen molar-refractivity contribution in [2.75, 3.05) is 17.7 Å². The van der Waals surface area contributed by atoms with Gasteiger partial charge in [-0.05, 0) is 50.1 Å². The number of thiophene rings is 1. The molecule has 8 nitrogen and oxygen atoms in total. The highest BCUT2D eigenvalue weighted by Gasteiger charge is 2.17. The third kappa shape index (κ3) is 6.69. The van der Waals surface area contributed by atoms with Crippen LogP contribution in [0.5, 0.6) is 5.75 Å². The van der Waals surface area contributed by atoms with Crippen molar-refractivity contribution >= 4 is 40.0 Å². The molecule has 0 radical (unpaired) electrons. The van der Waals surface area contributed by atoms with Crippen molar-refractivity contribution in [2.24, 2.45) is 0 Å². The molecule has 0 fully saturated rings. The van der Waals surface area contributed by atoms with Crippen LogP contribution in [0.2, 0.25) is 0 Å². The molecule has 0 aliphatic rings. The van der Waals surface area contributed by atoms with Gasteiger partial charge in [0.1, 0.15) is 17.2 Å². The maximum absolute atomic E-state index is 12.5. The topological polar surface area (TPSA) is 95.3 Å². The Morgan fingerprint density at radius 1 is 1.27 bits per heavy atom. The number of anilines is 1. The lowest BCUT2D eigenvalue weighted by molar-refractivity contribution is -0.113. The highest BCUT2D eigenvalue weighted by atomic mass is 32.2. The van der Waals surface area contributed by atoms with Crippen LogP contribution in [-0.2, 0) is 22.7 Å². The number of hydrogen-bond donors (Lipinski definition) is 1. The number of rotatable bonds is 11. The van der Waals surface area contributed by atoms with E-state index in [9.17, 15) is 9.59 Å². The van der Waals surface area contributed by atoms with Crippen LogP contribution in [-0.4, -0.2) is 39.0 Å². The largest absolute Gasteiger partial charge is 0.486 e. The second-order valence-electron chi connectivity index (χ2n) is 7.08. The number of nitrogens with one attached hydrogen (secondary N) is 1. The van der Waals surface area contributed by atoms with Crippen molar-refractivity contribution < 1.29 is 19.1 Å². The van der Waals surface area contributed by atoms with Gasteiger partial charge in [-0.3, -0.25) is 9.36 Å². The van der Waals surface area contributed by atoms with Crippen LogP contribution in [0.3, 0.4) is 0 Å². The molecule has 33 heavy (non-hydrogen) atoms. The smallest absolute Gasteiger partial charge is 0.348 e. The number of amides is 1. The van der Waals surface area contributed by atoms with Gasteiger partial charge in [0.25, 0.3) is 0 Å². The Morgan fingerprint density at radius 3 is 2.82 bits per heavy atom. The summed E-state index contributed by atoms with van der Waals surface area (Å²) < 4.78 is 12.8. The number of ether oxygens (including phenoxy) is 2. The summed E-state index contributed by atoms with van der Waals surface area (Å²) >= 11 is 2.47. The predicted molar refractivity (Wildman–Crippen MR) is 130 cm³/mol. The molecule has 0 spiro atoms. The molecule has 0 atom stereocenters. The molecule has 0 saturated heterocycles. The maximum Gasteiger partial charge on any atom is 0.348 e. The van der Waals surface area contributed by atoms with Crippen LogP contribution in [0.25, 0.3) is 0 Å². The number of aromatic nitrogens is 3. The lowest BCUT2D eigenvalue weighted by Crippen LogP contribution is -2.14. The van der Waals surface area contributed by atoms with Gasteiger partial charge in [-0.15, -0.1) is 28.1 Å². The first-order valence-corrected chi connectivity index (χ1v) is 12.1. The van der Waals surface area contributed by atoms with E-state index in [-0.39, 0.29) is 24.2 Å². The lowest BCUT2D eigenvalue weighted by Gasteiger charge is -2.09. The molecule has 1 N–H and O–H groups in total. The third-order valence-corrected chi connectivity index (χ3v) is 6.54. The zero-order valence-electron chi connectivity index (χ0n) is 18.8. The van der Waals surface area contributed by atoms with Gasteiger partial charge in [-0.1, -0.05) is 30.0 Å². The Labute approximate surface area is 201 Å². The molecule has 0 aliphatic heterocycles. The number of thioether (sulfide) groups is 1. The summed E-state index contributed by atoms with van der Waals surface area (Å²) in [4.78, 5) is 24.9. The van der Waals surface area contributed by atoms with Gasteiger partial charge in [-0.2, -0.15) is 0 Å². The Hall–Kier alpha value is -3.11. The first-order chi connectivity index (χ1) is 15.9. The second kappa shape index (κ2) is 11.7. The average molecular weight is 487 g/mol. The maximum atomic E-state index is 12.5. The number of benzene rings is 1. The Morgan fingerprint density at radius 2 is 2.09 bits per heavy atom. The normalized spacial score (nSPS) is 10.6. The van der Waals surface area contributed by atoms with E-state index in [4.69, 9.17) is 9.47 Å². The summed E-state index contributed by atoms with van der Waals surface area (Å²) in [7, 11) is 0. The van der Waals surface area contributed by atoms with E-state index in [0.717, 1.165) is 16.9 Å². The average Bonchev–Trinajstić information content (AvgIpc) is 3.34. The second-order valence-corrected chi connectivity index (χ2v) is 9.08. The van der Waals surface area contributed by atoms with Gasteiger partial charge in [0.15, 0.2) is 11.0 Å². The van der Waals surface area contributed by atoms with E-state index in [2.05, 4.69) is 22.1 Å². The van der Waals surface area contributed by atoms with E-state index in [1.54, 1.807) is 19.1 Å². The molecule has 0 saturated carbocycles. The Balaban J connectivity index is 1.60. The van der Waals surface area contributed by atoms with Gasteiger partial charge < -0.3 is 14.8 Å². The third-order valence-electron chi connectivity index (χ3n) is 4.44. The fraction of sp³-hybridized carbons (Fsp3) is 0.304. The van der Waals surface area contributed by atoms with E-state index in [1.165, 1.54) is 23.1 Å².